The zero-order valence-corrected chi connectivity index (χ0v) is 11.9. The highest BCUT2D eigenvalue weighted by Gasteiger charge is 2.12. The maximum atomic E-state index is 13.6. The summed E-state index contributed by atoms with van der Waals surface area (Å²) >= 11 is 12.9. The van der Waals surface area contributed by atoms with Crippen LogP contribution in [0, 0.1) is 11.6 Å². The Labute approximate surface area is 123 Å². The molecule has 2 N–H and O–H groups in total. The second-order valence-electron chi connectivity index (χ2n) is 3.82. The van der Waals surface area contributed by atoms with Crippen molar-refractivity contribution in [2.45, 2.75) is 10.6 Å². The maximum absolute atomic E-state index is 13.6. The molecule has 100 valence electrons. The number of hydrogen-bond donors (Lipinski definition) is 1. The average molecular weight is 320 g/mol. The number of nitrogens with two attached hydrogens (primary N) is 1. The van der Waals surface area contributed by atoms with Crippen molar-refractivity contribution in [3.05, 3.63) is 57.6 Å². The van der Waals surface area contributed by atoms with Gasteiger partial charge in [-0.1, -0.05) is 35.3 Å². The van der Waals surface area contributed by atoms with Gasteiger partial charge >= 0.3 is 0 Å². The van der Waals surface area contributed by atoms with Crippen molar-refractivity contribution in [3.63, 3.8) is 0 Å². The van der Waals surface area contributed by atoms with Crippen LogP contribution in [0.5, 0.6) is 0 Å². The maximum Gasteiger partial charge on any atom is 0.141 e. The van der Waals surface area contributed by atoms with E-state index in [1.165, 1.54) is 0 Å². The molecule has 0 aliphatic rings. The molecule has 0 aliphatic carbocycles. The van der Waals surface area contributed by atoms with Gasteiger partial charge in [-0.05, 0) is 23.8 Å². The van der Waals surface area contributed by atoms with Gasteiger partial charge in [0.15, 0.2) is 0 Å². The van der Waals surface area contributed by atoms with Gasteiger partial charge < -0.3 is 5.73 Å². The smallest absolute Gasteiger partial charge is 0.141 e. The zero-order valence-electron chi connectivity index (χ0n) is 9.59. The number of rotatable bonds is 3. The summed E-state index contributed by atoms with van der Waals surface area (Å²) in [6, 6.07) is 7.33. The first-order valence-corrected chi connectivity index (χ1v) is 7.03. The van der Waals surface area contributed by atoms with Crippen molar-refractivity contribution in [2.75, 3.05) is 5.73 Å². The van der Waals surface area contributed by atoms with Crippen molar-refractivity contribution >= 4 is 40.7 Å². The van der Waals surface area contributed by atoms with Crippen LogP contribution in [0.1, 0.15) is 5.56 Å². The predicted octanol–water partition coefficient (Wildman–Crippen LogP) is 5.15. The molecular weight excluding hydrogens is 311 g/mol. The van der Waals surface area contributed by atoms with E-state index in [4.69, 9.17) is 28.9 Å². The number of benzene rings is 2. The monoisotopic (exact) mass is 319 g/mol. The summed E-state index contributed by atoms with van der Waals surface area (Å²) in [5, 5.41) is 0.811. The van der Waals surface area contributed by atoms with E-state index in [1.807, 2.05) is 0 Å². The molecule has 6 heteroatoms. The van der Waals surface area contributed by atoms with Crippen LogP contribution in [-0.4, -0.2) is 0 Å². The Kier molecular flexibility index (Phi) is 4.55. The largest absolute Gasteiger partial charge is 0.399 e. The van der Waals surface area contributed by atoms with E-state index in [0.717, 1.165) is 29.5 Å². The van der Waals surface area contributed by atoms with Crippen molar-refractivity contribution in [1.29, 1.82) is 0 Å². The molecule has 2 aromatic rings. The normalized spacial score (nSPS) is 10.7. The predicted molar refractivity (Wildman–Crippen MR) is 76.8 cm³/mol. The van der Waals surface area contributed by atoms with E-state index in [2.05, 4.69) is 0 Å². The lowest BCUT2D eigenvalue weighted by Gasteiger charge is -2.08. The quantitative estimate of drug-likeness (QED) is 0.625. The molecule has 0 aliphatic heterocycles. The van der Waals surface area contributed by atoms with Gasteiger partial charge in [0.05, 0.1) is 14.9 Å². The molecule has 0 bridgehead atoms. The minimum Gasteiger partial charge on any atom is -0.399 e. The summed E-state index contributed by atoms with van der Waals surface area (Å²) in [4.78, 5) is -0.0785. The highest BCUT2D eigenvalue weighted by Crippen LogP contribution is 2.33. The van der Waals surface area contributed by atoms with Gasteiger partial charge in [-0.2, -0.15) is 0 Å². The van der Waals surface area contributed by atoms with Crippen LogP contribution in [-0.2, 0) is 5.75 Å². The third kappa shape index (κ3) is 3.32. The molecule has 0 spiro atoms. The molecule has 0 unspecified atom stereocenters. The lowest BCUT2D eigenvalue weighted by molar-refractivity contribution is 0.542. The van der Waals surface area contributed by atoms with Crippen molar-refractivity contribution in [1.82, 2.24) is 0 Å². The van der Waals surface area contributed by atoms with Crippen LogP contribution in [0.4, 0.5) is 14.5 Å². The van der Waals surface area contributed by atoms with Crippen molar-refractivity contribution in [3.8, 4) is 0 Å². The highest BCUT2D eigenvalue weighted by molar-refractivity contribution is 7.98. The van der Waals surface area contributed by atoms with Gasteiger partial charge in [-0.3, -0.25) is 0 Å². The molecule has 0 amide bonds. The number of nitrogen functional groups attached to an aromatic ring is 1. The summed E-state index contributed by atoms with van der Waals surface area (Å²) in [6.45, 7) is 0. The summed E-state index contributed by atoms with van der Waals surface area (Å²) in [7, 11) is 0. The van der Waals surface area contributed by atoms with E-state index in [1.54, 1.807) is 18.2 Å². The summed E-state index contributed by atoms with van der Waals surface area (Å²) in [6.07, 6.45) is 0. The van der Waals surface area contributed by atoms with E-state index in [-0.39, 0.29) is 10.6 Å². The molecule has 0 atom stereocenters. The molecule has 0 saturated carbocycles. The number of halogens is 4. The van der Waals surface area contributed by atoms with Crippen LogP contribution in [0.3, 0.4) is 0 Å². The topological polar surface area (TPSA) is 26.0 Å². The summed E-state index contributed by atoms with van der Waals surface area (Å²) in [5.74, 6) is -1.04. The lowest BCUT2D eigenvalue weighted by Crippen LogP contribution is -1.94. The second kappa shape index (κ2) is 5.99. The van der Waals surface area contributed by atoms with E-state index >= 15 is 0 Å². The fraction of sp³-hybridized carbons (Fsp3) is 0.0769. The number of hydrogen-bond acceptors (Lipinski definition) is 2. The van der Waals surface area contributed by atoms with Gasteiger partial charge in [0.2, 0.25) is 0 Å². The summed E-state index contributed by atoms with van der Waals surface area (Å²) in [5.41, 5.74) is 6.12. The van der Waals surface area contributed by atoms with E-state index < -0.39 is 11.6 Å². The Morgan fingerprint density at radius 3 is 2.37 bits per heavy atom. The Morgan fingerprint density at radius 2 is 1.74 bits per heavy atom. The zero-order chi connectivity index (χ0) is 14.0. The SMILES string of the molecule is Nc1cc(F)c(SCc2cccc(Cl)c2Cl)c(F)c1. The Balaban J connectivity index is 2.22. The Morgan fingerprint density at radius 1 is 1.11 bits per heavy atom. The number of anilines is 1. The van der Waals surface area contributed by atoms with Crippen molar-refractivity contribution < 1.29 is 8.78 Å². The number of thioether (sulfide) groups is 1. The molecule has 19 heavy (non-hydrogen) atoms. The van der Waals surface area contributed by atoms with E-state index in [0.29, 0.717) is 15.8 Å². The van der Waals surface area contributed by atoms with Crippen LogP contribution in [0.2, 0.25) is 10.0 Å². The molecule has 2 aromatic carbocycles. The summed E-state index contributed by atoms with van der Waals surface area (Å²) < 4.78 is 27.2. The van der Waals surface area contributed by atoms with Crippen LogP contribution < -0.4 is 5.73 Å². The van der Waals surface area contributed by atoms with E-state index in [9.17, 15) is 8.78 Å². The average Bonchev–Trinajstić information content (AvgIpc) is 2.33. The minimum atomic E-state index is -0.680. The minimum absolute atomic E-state index is 0.0557. The first-order chi connectivity index (χ1) is 8.99. The van der Waals surface area contributed by atoms with Crippen LogP contribution in [0.25, 0.3) is 0 Å². The highest BCUT2D eigenvalue weighted by atomic mass is 35.5. The Hall–Kier alpha value is -0.970. The fourth-order valence-electron chi connectivity index (χ4n) is 1.53. The van der Waals surface area contributed by atoms with Gasteiger partial charge in [-0.15, -0.1) is 11.8 Å². The molecule has 0 heterocycles. The third-order valence-electron chi connectivity index (χ3n) is 2.42. The first kappa shape index (κ1) is 14.4. The molecular formula is C13H9Cl2F2NS. The molecule has 1 nitrogen and oxygen atoms in total. The standard InChI is InChI=1S/C13H9Cl2F2NS/c14-9-3-1-2-7(12(9)15)6-19-13-10(16)4-8(18)5-11(13)17/h1-5H,6,18H2. The first-order valence-electron chi connectivity index (χ1n) is 5.29. The van der Waals surface area contributed by atoms with Crippen molar-refractivity contribution in [2.24, 2.45) is 0 Å². The molecule has 0 fully saturated rings. The lowest BCUT2D eigenvalue weighted by atomic mass is 10.2. The molecule has 0 aromatic heterocycles. The second-order valence-corrected chi connectivity index (χ2v) is 5.59. The molecule has 2 rings (SSSR count). The van der Waals surface area contributed by atoms with Crippen LogP contribution >= 0.6 is 35.0 Å². The van der Waals surface area contributed by atoms with Gasteiger partial charge in [-0.25, -0.2) is 8.78 Å². The molecule has 0 radical (unpaired) electrons. The van der Waals surface area contributed by atoms with Gasteiger partial charge in [0.25, 0.3) is 0 Å². The van der Waals surface area contributed by atoms with Crippen LogP contribution in [0.15, 0.2) is 35.2 Å². The third-order valence-corrected chi connectivity index (χ3v) is 4.42. The Bertz CT molecular complexity index is 597. The van der Waals surface area contributed by atoms with Gasteiger partial charge in [0.1, 0.15) is 11.6 Å². The fourth-order valence-corrected chi connectivity index (χ4v) is 2.93. The van der Waals surface area contributed by atoms with Gasteiger partial charge in [0, 0.05) is 11.4 Å². The molecule has 0 saturated heterocycles.